The second-order valence-corrected chi connectivity index (χ2v) is 29.4. The highest BCUT2D eigenvalue weighted by Gasteiger charge is 2.46. The van der Waals surface area contributed by atoms with Crippen LogP contribution in [0.2, 0.25) is 0 Å². The minimum Gasteiger partial charge on any atom is -0.492 e. The second-order valence-electron chi connectivity index (χ2n) is 29.4. The molecule has 42 heteroatoms. The number of ether oxygens (including phenoxy) is 19. The number of carbonyl (C=O) groups excluding carboxylic acids is 10. The molecule has 3 aliphatic heterocycles. The monoisotopic (exact) mass is 1810 g/mol. The van der Waals surface area contributed by atoms with Crippen molar-refractivity contribution in [3.05, 3.63) is 97.1 Å². The fraction of sp³-hybridized carbons (Fsp3) is 0.628. The van der Waals surface area contributed by atoms with Crippen LogP contribution in [0.5, 0.6) is 5.75 Å². The van der Waals surface area contributed by atoms with Crippen molar-refractivity contribution in [3.8, 4) is 17.1 Å². The summed E-state index contributed by atoms with van der Waals surface area (Å²) < 4.78 is 121. The summed E-state index contributed by atoms with van der Waals surface area (Å²) in [6.45, 7) is 14.5. The van der Waals surface area contributed by atoms with Crippen molar-refractivity contribution in [2.75, 3.05) is 250 Å². The normalized spacial score (nSPS) is 15.0. The molecule has 8 rings (SSSR count). The van der Waals surface area contributed by atoms with Crippen LogP contribution in [0.15, 0.2) is 41.2 Å². The highest BCUT2D eigenvalue weighted by molar-refractivity contribution is 6.28. The molecule has 4 aromatic rings. The Labute approximate surface area is 741 Å². The van der Waals surface area contributed by atoms with Crippen LogP contribution in [0.1, 0.15) is 107 Å². The van der Waals surface area contributed by atoms with E-state index in [1.54, 1.807) is 27.2 Å². The van der Waals surface area contributed by atoms with E-state index < -0.39 is 108 Å². The van der Waals surface area contributed by atoms with Crippen molar-refractivity contribution >= 4 is 75.7 Å². The Morgan fingerprint density at radius 3 is 1.41 bits per heavy atom. The Kier molecular flexibility index (Phi) is 46.6. The standard InChI is InChI=1S/C86H123FN10O31/c1-7-86(109)68-50-71-77-66(53-96(71)84(107)67(68)54-128-85(86)108)65(76-62-11-8-10-61(62)69(87)51-70(76)95-77)52-90-73(99)55-126-56-91-79(102)57(2)93-81(104)59(4)94-80(103)58(3)92-72(98)12-9-17-127-78-63(82(105)88-15-18-112-24-26-116-32-34-120-40-42-124-46-44-122-38-36-118-30-28-114-22-20-110-5)48-60(97-74(100)13-14-75(97)101)49-64(78)83(106)89-16-19-113-25-27-117-33-35-121-41-43-125-47-45-123-39-37-119-31-29-115-23-21-111-6/h13-14,48-51,57-59,109H,7-12,15-47,52-56H2,1-6H3,(H,88,105)(H,89,106)(H,90,99)(H,91,102)(H,92,98)(H,93,104)(H,94,103)/t57-,58-,59-,86-/m0/s1. The van der Waals surface area contributed by atoms with Gasteiger partial charge >= 0.3 is 5.97 Å². The van der Waals surface area contributed by atoms with Crippen LogP contribution in [0.3, 0.4) is 0 Å². The van der Waals surface area contributed by atoms with E-state index in [9.17, 15) is 57.8 Å². The maximum absolute atomic E-state index is 15.6. The summed E-state index contributed by atoms with van der Waals surface area (Å²) in [6.07, 6.45) is 3.41. The van der Waals surface area contributed by atoms with Crippen molar-refractivity contribution in [2.24, 2.45) is 0 Å². The van der Waals surface area contributed by atoms with E-state index in [1.165, 1.54) is 43.5 Å². The highest BCUT2D eigenvalue weighted by atomic mass is 19.1. The molecule has 0 saturated heterocycles. The van der Waals surface area contributed by atoms with Gasteiger partial charge in [0.15, 0.2) is 5.60 Å². The number of halogens is 1. The average molecular weight is 1810 g/mol. The number of aryl methyl sites for hydroxylation is 1. The molecule has 128 heavy (non-hydrogen) atoms. The topological polar surface area (TPSA) is 489 Å². The molecule has 0 saturated carbocycles. The third-order valence-electron chi connectivity index (χ3n) is 20.2. The number of hydrogen-bond acceptors (Lipinski definition) is 32. The van der Waals surface area contributed by atoms with E-state index in [-0.39, 0.29) is 145 Å². The minimum absolute atomic E-state index is 0.00908. The van der Waals surface area contributed by atoms with Gasteiger partial charge in [-0.05, 0) is 87.8 Å². The molecule has 0 bridgehead atoms. The number of benzene rings is 2. The first kappa shape index (κ1) is 104. The van der Waals surface area contributed by atoms with Crippen molar-refractivity contribution < 1.29 is 147 Å². The van der Waals surface area contributed by atoms with E-state index in [2.05, 4.69) is 37.2 Å². The van der Waals surface area contributed by atoms with Gasteiger partial charge in [0.2, 0.25) is 29.5 Å². The van der Waals surface area contributed by atoms with Gasteiger partial charge in [-0.2, -0.15) is 0 Å². The SMILES string of the molecule is CC[C@@]1(O)C(=O)OCc2c1cc1n(c2=O)Cc2c-1nc1cc(F)c3c(c1c2CNC(=O)COCNC(=O)[C@H](C)NC(=O)[C@H](C)NC(=O)[C@H](C)NC(=O)CCCOc1c(C(=O)NCCOCCOCCOCCOCCOCCOCCOCCOC)cc(N2C(=O)C=CC2=O)cc1C(=O)NCCOCCOCCOCCOCCOCCOCCOCCOC)CCC3. The first-order valence-corrected chi connectivity index (χ1v) is 43.0. The number of amides is 9. The van der Waals surface area contributed by atoms with Gasteiger partial charge in [0.25, 0.3) is 29.2 Å². The van der Waals surface area contributed by atoms with Crippen LogP contribution in [-0.4, -0.2) is 337 Å². The van der Waals surface area contributed by atoms with Crippen LogP contribution in [0.25, 0.3) is 22.3 Å². The largest absolute Gasteiger partial charge is 0.492 e. The van der Waals surface area contributed by atoms with Crippen LogP contribution in [0, 0.1) is 5.82 Å². The minimum atomic E-state index is -2.08. The molecule has 4 atom stereocenters. The number of carbonyl (C=O) groups is 10. The molecule has 41 nitrogen and oxygen atoms in total. The lowest BCUT2D eigenvalue weighted by atomic mass is 9.86. The summed E-state index contributed by atoms with van der Waals surface area (Å²) in [7, 11) is 3.22. The van der Waals surface area contributed by atoms with E-state index in [0.29, 0.717) is 204 Å². The quantitative estimate of drug-likeness (QED) is 0.0112. The van der Waals surface area contributed by atoms with Crippen LogP contribution < -0.4 is 52.4 Å². The zero-order chi connectivity index (χ0) is 91.8. The van der Waals surface area contributed by atoms with Gasteiger partial charge in [-0.25, -0.2) is 19.1 Å². The smallest absolute Gasteiger partial charge is 0.343 e. The first-order chi connectivity index (χ1) is 62.1. The van der Waals surface area contributed by atoms with Gasteiger partial charge in [0, 0.05) is 75.0 Å². The molecular weight excluding hydrogens is 1690 g/mol. The van der Waals surface area contributed by atoms with Gasteiger partial charge in [0.05, 0.1) is 251 Å². The zero-order valence-electron chi connectivity index (χ0n) is 73.7. The lowest BCUT2D eigenvalue weighted by Gasteiger charge is -2.31. The number of aromatic nitrogens is 2. The second kappa shape index (κ2) is 57.5. The van der Waals surface area contributed by atoms with E-state index in [0.717, 1.165) is 22.6 Å². The highest BCUT2D eigenvalue weighted by Crippen LogP contribution is 2.43. The van der Waals surface area contributed by atoms with Crippen molar-refractivity contribution in [2.45, 2.75) is 110 Å². The molecular formula is C86H123FN10O31. The van der Waals surface area contributed by atoms with Gasteiger partial charge in [-0.1, -0.05) is 6.92 Å². The van der Waals surface area contributed by atoms with Gasteiger partial charge < -0.3 is 137 Å². The molecule has 0 unspecified atom stereocenters. The summed E-state index contributed by atoms with van der Waals surface area (Å²) in [4.78, 5) is 154. The Bertz CT molecular complexity index is 4260. The van der Waals surface area contributed by atoms with Crippen LogP contribution >= 0.6 is 0 Å². The molecule has 9 amide bonds. The molecule has 710 valence electrons. The number of cyclic esters (lactones) is 1. The number of methoxy groups -OCH3 is 2. The number of pyridine rings is 2. The predicted molar refractivity (Wildman–Crippen MR) is 453 cm³/mol. The van der Waals surface area contributed by atoms with E-state index >= 15 is 4.39 Å². The summed E-state index contributed by atoms with van der Waals surface area (Å²) >= 11 is 0. The molecule has 0 fully saturated rings. The maximum atomic E-state index is 15.6. The van der Waals surface area contributed by atoms with Crippen LogP contribution in [-0.2, 0) is 162 Å². The Morgan fingerprint density at radius 2 is 0.945 bits per heavy atom. The van der Waals surface area contributed by atoms with Gasteiger partial charge in [-0.3, -0.25) is 47.9 Å². The molecule has 2 aromatic carbocycles. The van der Waals surface area contributed by atoms with Gasteiger partial charge in [-0.15, -0.1) is 0 Å². The van der Waals surface area contributed by atoms with Crippen LogP contribution in [0.4, 0.5) is 10.1 Å². The molecule has 0 spiro atoms. The number of aliphatic hydroxyl groups is 1. The number of anilines is 1. The number of nitrogens with zero attached hydrogens (tertiary/aromatic N) is 3. The summed E-state index contributed by atoms with van der Waals surface area (Å²) in [6, 6.07) is 1.69. The lowest BCUT2D eigenvalue weighted by Crippen LogP contribution is -2.54. The lowest BCUT2D eigenvalue weighted by molar-refractivity contribution is -0.172. The maximum Gasteiger partial charge on any atom is 0.343 e. The van der Waals surface area contributed by atoms with Crippen molar-refractivity contribution in [1.29, 1.82) is 0 Å². The fourth-order valence-corrected chi connectivity index (χ4v) is 13.5. The fourth-order valence-electron chi connectivity index (χ4n) is 13.5. The molecule has 5 heterocycles. The number of rotatable bonds is 69. The Hall–Kier alpha value is -9.55. The molecule has 0 radical (unpaired) electrons. The molecule has 1 aliphatic carbocycles. The van der Waals surface area contributed by atoms with Crippen molar-refractivity contribution in [1.82, 2.24) is 46.8 Å². The summed E-state index contributed by atoms with van der Waals surface area (Å²) in [5, 5.41) is 30.4. The molecule has 4 aliphatic rings. The first-order valence-electron chi connectivity index (χ1n) is 43.0. The zero-order valence-corrected chi connectivity index (χ0v) is 73.7. The summed E-state index contributed by atoms with van der Waals surface area (Å²) in [5.74, 6) is -8.16. The molecule has 8 N–H and O–H groups in total. The third kappa shape index (κ3) is 33.1. The Balaban J connectivity index is 0.760. The van der Waals surface area contributed by atoms with E-state index in [1.807, 2.05) is 0 Å². The number of nitrogens with one attached hydrogen (secondary N) is 7. The number of hydrogen-bond donors (Lipinski definition) is 8. The predicted octanol–water partition coefficient (Wildman–Crippen LogP) is 0.201. The Morgan fingerprint density at radius 1 is 0.508 bits per heavy atom. The molecule has 2 aromatic heterocycles. The number of fused-ring (bicyclic) bond motifs is 7. The van der Waals surface area contributed by atoms with Gasteiger partial charge in [0.1, 0.15) is 49.6 Å². The van der Waals surface area contributed by atoms with E-state index in [4.69, 9.17) is 95.0 Å². The average Bonchev–Trinajstić information content (AvgIpc) is 1.54. The summed E-state index contributed by atoms with van der Waals surface area (Å²) in [5.41, 5.74) is 0.370. The number of imide groups is 1. The van der Waals surface area contributed by atoms with Crippen molar-refractivity contribution in [3.63, 3.8) is 0 Å². The number of esters is 1. The third-order valence-corrected chi connectivity index (χ3v) is 20.2.